The number of aromatic carboxylic acids is 1. The van der Waals surface area contributed by atoms with Gasteiger partial charge in [-0.1, -0.05) is 20.3 Å². The van der Waals surface area contributed by atoms with Crippen molar-refractivity contribution in [1.29, 1.82) is 0 Å². The van der Waals surface area contributed by atoms with Gasteiger partial charge < -0.3 is 29.7 Å². The Morgan fingerprint density at radius 1 is 1.14 bits per heavy atom. The highest BCUT2D eigenvalue weighted by molar-refractivity contribution is 5.93. The number of ether oxygens (including phenoxy) is 1. The van der Waals surface area contributed by atoms with Crippen molar-refractivity contribution >= 4 is 28.5 Å². The fourth-order valence-electron chi connectivity index (χ4n) is 3.80. The van der Waals surface area contributed by atoms with E-state index in [2.05, 4.69) is 24.1 Å². The lowest BCUT2D eigenvalue weighted by atomic mass is 10.1. The van der Waals surface area contributed by atoms with E-state index in [0.717, 1.165) is 6.20 Å². The van der Waals surface area contributed by atoms with Crippen LogP contribution in [0.4, 0.5) is 24.7 Å². The number of rotatable bonds is 7. The predicted octanol–water partition coefficient (Wildman–Crippen LogP) is 3.37. The zero-order valence-electron chi connectivity index (χ0n) is 20.6. The summed E-state index contributed by atoms with van der Waals surface area (Å²) >= 11 is 0. The Hall–Kier alpha value is -3.64. The Labute approximate surface area is 211 Å². The van der Waals surface area contributed by atoms with E-state index < -0.39 is 40.0 Å². The number of pyridine rings is 2. The summed E-state index contributed by atoms with van der Waals surface area (Å²) in [6, 6.07) is 2.50. The van der Waals surface area contributed by atoms with Crippen molar-refractivity contribution in [3.8, 4) is 0 Å². The number of fused-ring (bicyclic) bond motifs is 1. The molecule has 0 bridgehead atoms. The van der Waals surface area contributed by atoms with Gasteiger partial charge in [-0.25, -0.2) is 22.9 Å². The minimum Gasteiger partial charge on any atom is -0.477 e. The van der Waals surface area contributed by atoms with Crippen LogP contribution in [-0.4, -0.2) is 58.6 Å². The number of aliphatic hydroxyl groups is 1. The molecule has 1 aliphatic heterocycles. The van der Waals surface area contributed by atoms with Gasteiger partial charge in [0, 0.05) is 50.1 Å². The van der Waals surface area contributed by atoms with E-state index in [-0.39, 0.29) is 36.4 Å². The molecule has 0 saturated carbocycles. The Bertz CT molecular complexity index is 1300. The van der Waals surface area contributed by atoms with Crippen LogP contribution in [0.1, 0.15) is 36.2 Å². The zero-order chi connectivity index (χ0) is 27.1. The summed E-state index contributed by atoms with van der Waals surface area (Å²) in [5.41, 5.74) is -1.34. The lowest BCUT2D eigenvalue weighted by Gasteiger charge is -2.30. The van der Waals surface area contributed by atoms with Crippen molar-refractivity contribution < 1.29 is 32.9 Å². The summed E-state index contributed by atoms with van der Waals surface area (Å²) in [4.78, 5) is 30.9. The van der Waals surface area contributed by atoms with Crippen LogP contribution in [0, 0.1) is 17.5 Å². The molecule has 200 valence electrons. The molecule has 3 aromatic rings. The van der Waals surface area contributed by atoms with Crippen molar-refractivity contribution in [3.05, 3.63) is 63.2 Å². The molecule has 0 spiro atoms. The molecule has 1 aliphatic rings. The van der Waals surface area contributed by atoms with Crippen LogP contribution in [0.3, 0.4) is 0 Å². The van der Waals surface area contributed by atoms with Gasteiger partial charge in [0.2, 0.25) is 5.43 Å². The Morgan fingerprint density at radius 2 is 1.76 bits per heavy atom. The maximum atomic E-state index is 14.2. The van der Waals surface area contributed by atoms with Crippen LogP contribution in [0.25, 0.3) is 11.0 Å². The van der Waals surface area contributed by atoms with E-state index in [1.54, 1.807) is 0 Å². The summed E-state index contributed by atoms with van der Waals surface area (Å²) in [6.07, 6.45) is 2.37. The molecule has 37 heavy (non-hydrogen) atoms. The summed E-state index contributed by atoms with van der Waals surface area (Å²) in [5, 5.41) is 21.7. The number of carboxylic acids is 1. The molecule has 2 aromatic heterocycles. The average Bonchev–Trinajstić information content (AvgIpc) is 2.85. The molecule has 1 aromatic carbocycles. The van der Waals surface area contributed by atoms with Crippen molar-refractivity contribution in [2.24, 2.45) is 0 Å². The van der Waals surface area contributed by atoms with Gasteiger partial charge in [0.1, 0.15) is 28.7 Å². The van der Waals surface area contributed by atoms with Crippen molar-refractivity contribution in [1.82, 2.24) is 9.55 Å². The smallest absolute Gasteiger partial charge is 0.341 e. The molecule has 4 rings (SSSR count). The second-order valence-electron chi connectivity index (χ2n) is 8.33. The number of carbonyl (C=O) groups is 1. The Kier molecular flexibility index (Phi) is 9.48. The maximum absolute atomic E-state index is 14.2. The number of benzene rings is 1. The molecule has 3 N–H and O–H groups in total. The number of nitrogens with zero attached hydrogens (tertiary/aromatic N) is 3. The summed E-state index contributed by atoms with van der Waals surface area (Å²) in [7, 11) is 0. The van der Waals surface area contributed by atoms with Gasteiger partial charge >= 0.3 is 5.97 Å². The molecular weight excluding hydrogens is 493 g/mol. The third kappa shape index (κ3) is 6.38. The molecule has 9 nitrogen and oxygen atoms in total. The first-order valence-electron chi connectivity index (χ1n) is 11.8. The van der Waals surface area contributed by atoms with Gasteiger partial charge in [0.15, 0.2) is 5.82 Å². The van der Waals surface area contributed by atoms with E-state index >= 15 is 0 Å². The first-order valence-corrected chi connectivity index (χ1v) is 11.8. The first kappa shape index (κ1) is 27.9. The monoisotopic (exact) mass is 522 g/mol. The van der Waals surface area contributed by atoms with Crippen LogP contribution in [0.15, 0.2) is 29.2 Å². The van der Waals surface area contributed by atoms with Crippen LogP contribution >= 0.6 is 0 Å². The lowest BCUT2D eigenvalue weighted by Crippen LogP contribution is -2.37. The molecular formula is C25H29F3N4O5. The van der Waals surface area contributed by atoms with Gasteiger partial charge in [-0.2, -0.15) is 0 Å². The number of nitrogens with one attached hydrogen (secondary N) is 1. The highest BCUT2D eigenvalue weighted by atomic mass is 19.1. The SMILES string of the molecule is CCC.O=C(O)c1cn(CCO)c2nc(N3CCOCC3)c(NCc3c(F)cc(F)cc3F)cc2c1=O. The highest BCUT2D eigenvalue weighted by Crippen LogP contribution is 2.29. The van der Waals surface area contributed by atoms with E-state index in [9.17, 15) is 33.0 Å². The van der Waals surface area contributed by atoms with Crippen molar-refractivity contribution in [2.75, 3.05) is 43.1 Å². The number of aliphatic hydroxyl groups excluding tert-OH is 1. The fraction of sp³-hybridized carbons (Fsp3) is 0.400. The average molecular weight is 523 g/mol. The van der Waals surface area contributed by atoms with Crippen molar-refractivity contribution in [2.45, 2.75) is 33.4 Å². The van der Waals surface area contributed by atoms with Crippen LogP contribution in [0.2, 0.25) is 0 Å². The van der Waals surface area contributed by atoms with Crippen LogP contribution in [-0.2, 0) is 17.8 Å². The first-order chi connectivity index (χ1) is 17.7. The third-order valence-electron chi connectivity index (χ3n) is 5.47. The molecule has 0 atom stereocenters. The quantitative estimate of drug-likeness (QED) is 0.433. The van der Waals surface area contributed by atoms with E-state index in [0.29, 0.717) is 44.3 Å². The summed E-state index contributed by atoms with van der Waals surface area (Å²) in [5.74, 6) is -4.30. The number of carboxylic acid groups (broad SMARTS) is 1. The largest absolute Gasteiger partial charge is 0.477 e. The normalized spacial score (nSPS) is 13.3. The Balaban J connectivity index is 0.00000121. The lowest BCUT2D eigenvalue weighted by molar-refractivity contribution is 0.0694. The summed E-state index contributed by atoms with van der Waals surface area (Å²) in [6.45, 7) is 5.24. The van der Waals surface area contributed by atoms with Gasteiger partial charge in [-0.05, 0) is 6.07 Å². The minimum atomic E-state index is -1.44. The van der Waals surface area contributed by atoms with Crippen molar-refractivity contribution in [3.63, 3.8) is 0 Å². The molecule has 0 amide bonds. The van der Waals surface area contributed by atoms with E-state index in [1.165, 1.54) is 17.1 Å². The number of morpholine rings is 1. The summed E-state index contributed by atoms with van der Waals surface area (Å²) < 4.78 is 48.3. The van der Waals surface area contributed by atoms with E-state index in [4.69, 9.17) is 4.74 Å². The fourth-order valence-corrected chi connectivity index (χ4v) is 3.80. The Morgan fingerprint density at radius 3 is 2.32 bits per heavy atom. The van der Waals surface area contributed by atoms with Gasteiger partial charge in [-0.15, -0.1) is 0 Å². The van der Waals surface area contributed by atoms with Crippen LogP contribution < -0.4 is 15.6 Å². The number of hydrogen-bond donors (Lipinski definition) is 3. The third-order valence-corrected chi connectivity index (χ3v) is 5.47. The number of hydrogen-bond acceptors (Lipinski definition) is 7. The molecule has 1 fully saturated rings. The molecule has 12 heteroatoms. The molecule has 0 aliphatic carbocycles. The topological polar surface area (TPSA) is 117 Å². The second kappa shape index (κ2) is 12.5. The predicted molar refractivity (Wildman–Crippen MR) is 133 cm³/mol. The van der Waals surface area contributed by atoms with Gasteiger partial charge in [-0.3, -0.25) is 4.79 Å². The maximum Gasteiger partial charge on any atom is 0.341 e. The second-order valence-corrected chi connectivity index (χ2v) is 8.33. The molecule has 0 radical (unpaired) electrons. The van der Waals surface area contributed by atoms with E-state index in [1.807, 2.05) is 4.90 Å². The number of anilines is 2. The number of halogens is 3. The molecule has 3 heterocycles. The van der Waals surface area contributed by atoms with Gasteiger partial charge in [0.25, 0.3) is 0 Å². The minimum absolute atomic E-state index is 0.00854. The molecule has 1 saturated heterocycles. The zero-order valence-corrected chi connectivity index (χ0v) is 20.6. The molecule has 0 unspecified atom stereocenters. The van der Waals surface area contributed by atoms with Crippen LogP contribution in [0.5, 0.6) is 0 Å². The van der Waals surface area contributed by atoms with Gasteiger partial charge in [0.05, 0.1) is 30.9 Å². The number of aromatic nitrogens is 2. The standard InChI is InChI=1S/C22H21F3N4O5.C3H8/c23-12-7-16(24)14(17(25)8-12)10-26-18-9-13-19(31)15(22(32)33)11-29(1-4-30)20(13)27-21(18)28-2-5-34-6-3-28;1-3-2/h7-9,11,26,30H,1-6,10H2,(H,32,33);3H2,1-2H3. The highest BCUT2D eigenvalue weighted by Gasteiger charge is 2.22.